The lowest BCUT2D eigenvalue weighted by Gasteiger charge is -2.14. The van der Waals surface area contributed by atoms with Gasteiger partial charge < -0.3 is 0 Å². The van der Waals surface area contributed by atoms with E-state index in [0.717, 1.165) is 16.7 Å². The summed E-state index contributed by atoms with van der Waals surface area (Å²) in [4.78, 5) is 37.7. The van der Waals surface area contributed by atoms with E-state index in [2.05, 4.69) is 0 Å². The fourth-order valence-corrected chi connectivity index (χ4v) is 3.78. The monoisotopic (exact) mass is 429 g/mol. The fraction of sp³-hybridized carbons (Fsp3) is 0.160. The third-order valence-electron chi connectivity index (χ3n) is 5.45. The van der Waals surface area contributed by atoms with E-state index in [1.54, 1.807) is 40.4 Å². The zero-order chi connectivity index (χ0) is 22.5. The van der Waals surface area contributed by atoms with Gasteiger partial charge in [0.15, 0.2) is 0 Å². The molecule has 0 aliphatic rings. The highest BCUT2D eigenvalue weighted by Crippen LogP contribution is 2.12. The Morgan fingerprint density at radius 1 is 0.781 bits per heavy atom. The van der Waals surface area contributed by atoms with E-state index in [0.29, 0.717) is 23.9 Å². The van der Waals surface area contributed by atoms with Crippen LogP contribution in [0.15, 0.2) is 88.5 Å². The predicted molar refractivity (Wildman–Crippen MR) is 122 cm³/mol. The summed E-state index contributed by atoms with van der Waals surface area (Å²) in [5.74, 6) is -0.495. The van der Waals surface area contributed by atoms with Crippen LogP contribution in [0.25, 0.3) is 10.9 Å². The molecule has 3 aromatic carbocycles. The van der Waals surface area contributed by atoms with Gasteiger partial charge in [0, 0.05) is 6.54 Å². The molecular weight excluding hydrogens is 406 g/mol. The Kier molecular flexibility index (Phi) is 6.28. The van der Waals surface area contributed by atoms with Crippen LogP contribution in [0.2, 0.25) is 0 Å². The molecule has 1 aromatic heterocycles. The zero-order valence-corrected chi connectivity index (χ0v) is 17.4. The maximum absolute atomic E-state index is 13.3. The van der Waals surface area contributed by atoms with Crippen LogP contribution in [0.5, 0.6) is 0 Å². The molecule has 2 N–H and O–H groups in total. The molecule has 1 heterocycles. The van der Waals surface area contributed by atoms with Crippen LogP contribution >= 0.6 is 0 Å². The first-order valence-electron chi connectivity index (χ1n) is 10.3. The standard InChI is InChI=1S/C25H23N3O4/c29-23(26-32)16-19-10-12-20(13-11-19)17-28-22-9-5-4-8-21(22)24(30)27(25(28)31)15-14-18-6-2-1-3-7-18/h1-13,32H,14-17H2,(H,26,29). The van der Waals surface area contributed by atoms with Crippen molar-refractivity contribution < 1.29 is 10.0 Å². The molecule has 0 atom stereocenters. The Hall–Kier alpha value is -3.97. The minimum atomic E-state index is -0.495. The van der Waals surface area contributed by atoms with Gasteiger partial charge in [-0.3, -0.25) is 23.9 Å². The number of fused-ring (bicyclic) bond motifs is 1. The van der Waals surface area contributed by atoms with Crippen molar-refractivity contribution in [2.45, 2.75) is 25.9 Å². The topological polar surface area (TPSA) is 93.3 Å². The molecule has 0 bridgehead atoms. The number of benzene rings is 3. The molecule has 0 spiro atoms. The molecule has 7 nitrogen and oxygen atoms in total. The smallest absolute Gasteiger partial charge is 0.289 e. The van der Waals surface area contributed by atoms with E-state index in [-0.39, 0.29) is 24.2 Å². The van der Waals surface area contributed by atoms with E-state index in [1.165, 1.54) is 4.57 Å². The van der Waals surface area contributed by atoms with Gasteiger partial charge in [-0.1, -0.05) is 66.7 Å². The van der Waals surface area contributed by atoms with Crippen LogP contribution in [0, 0.1) is 0 Å². The number of hydrogen-bond donors (Lipinski definition) is 2. The normalized spacial score (nSPS) is 10.9. The van der Waals surface area contributed by atoms with Gasteiger partial charge >= 0.3 is 5.69 Å². The van der Waals surface area contributed by atoms with Crippen molar-refractivity contribution in [1.82, 2.24) is 14.6 Å². The Morgan fingerprint density at radius 2 is 1.44 bits per heavy atom. The van der Waals surface area contributed by atoms with Crippen LogP contribution < -0.4 is 16.7 Å². The van der Waals surface area contributed by atoms with E-state index >= 15 is 0 Å². The van der Waals surface area contributed by atoms with Crippen molar-refractivity contribution >= 4 is 16.8 Å². The summed E-state index contributed by atoms with van der Waals surface area (Å²) >= 11 is 0. The Bertz CT molecular complexity index is 1360. The Labute approximate surface area is 184 Å². The third kappa shape index (κ3) is 4.53. The highest BCUT2D eigenvalue weighted by Gasteiger charge is 2.13. The van der Waals surface area contributed by atoms with Crippen molar-refractivity contribution in [2.75, 3.05) is 0 Å². The van der Waals surface area contributed by atoms with Gasteiger partial charge in [0.1, 0.15) is 0 Å². The average molecular weight is 429 g/mol. The van der Waals surface area contributed by atoms with Crippen LogP contribution in [0.3, 0.4) is 0 Å². The molecule has 0 saturated carbocycles. The van der Waals surface area contributed by atoms with Crippen molar-refractivity contribution in [3.8, 4) is 0 Å². The first kappa shape index (κ1) is 21.3. The molecule has 4 rings (SSSR count). The van der Waals surface area contributed by atoms with Crippen LogP contribution in [-0.4, -0.2) is 20.2 Å². The molecule has 7 heteroatoms. The van der Waals surface area contributed by atoms with Crippen LogP contribution in [0.4, 0.5) is 0 Å². The van der Waals surface area contributed by atoms with Crippen molar-refractivity contribution in [3.05, 3.63) is 116 Å². The molecule has 0 aliphatic heterocycles. The minimum Gasteiger partial charge on any atom is -0.289 e. The van der Waals surface area contributed by atoms with Gasteiger partial charge in [-0.15, -0.1) is 0 Å². The number of carbonyl (C=O) groups is 1. The van der Waals surface area contributed by atoms with Gasteiger partial charge in [-0.25, -0.2) is 10.3 Å². The molecule has 0 unspecified atom stereocenters. The number of aromatic nitrogens is 2. The first-order valence-corrected chi connectivity index (χ1v) is 10.3. The predicted octanol–water partition coefficient (Wildman–Crippen LogP) is 2.50. The third-order valence-corrected chi connectivity index (χ3v) is 5.45. The summed E-state index contributed by atoms with van der Waals surface area (Å²) in [5, 5.41) is 9.17. The number of nitrogens with zero attached hydrogens (tertiary/aromatic N) is 2. The molecule has 162 valence electrons. The summed E-state index contributed by atoms with van der Waals surface area (Å²) in [6, 6.07) is 24.1. The summed E-state index contributed by atoms with van der Waals surface area (Å²) in [6.07, 6.45) is 0.639. The average Bonchev–Trinajstić information content (AvgIpc) is 2.83. The number of carbonyl (C=O) groups excluding carboxylic acids is 1. The van der Waals surface area contributed by atoms with Crippen molar-refractivity contribution in [1.29, 1.82) is 0 Å². The second-order valence-corrected chi connectivity index (χ2v) is 7.61. The zero-order valence-electron chi connectivity index (χ0n) is 17.4. The minimum absolute atomic E-state index is 0.0595. The summed E-state index contributed by atoms with van der Waals surface area (Å²) in [5.41, 5.74) is 4.21. The SMILES string of the molecule is O=C(Cc1ccc(Cn2c(=O)n(CCc3ccccc3)c(=O)c3ccccc32)cc1)NO. The van der Waals surface area contributed by atoms with Crippen LogP contribution in [0.1, 0.15) is 16.7 Å². The maximum atomic E-state index is 13.3. The van der Waals surface area contributed by atoms with Gasteiger partial charge in [0.25, 0.3) is 5.56 Å². The maximum Gasteiger partial charge on any atom is 0.331 e. The lowest BCUT2D eigenvalue weighted by molar-refractivity contribution is -0.128. The highest BCUT2D eigenvalue weighted by molar-refractivity contribution is 5.78. The molecule has 0 fully saturated rings. The number of nitrogens with one attached hydrogen (secondary N) is 1. The first-order chi connectivity index (χ1) is 15.6. The Morgan fingerprint density at radius 3 is 2.16 bits per heavy atom. The van der Waals surface area contributed by atoms with Crippen LogP contribution in [-0.2, 0) is 30.7 Å². The van der Waals surface area contributed by atoms with E-state index in [4.69, 9.17) is 5.21 Å². The second-order valence-electron chi connectivity index (χ2n) is 7.61. The van der Waals surface area contributed by atoms with Crippen molar-refractivity contribution in [2.24, 2.45) is 0 Å². The summed E-state index contributed by atoms with van der Waals surface area (Å²) in [7, 11) is 0. The van der Waals surface area contributed by atoms with Gasteiger partial charge in [0.05, 0.1) is 23.9 Å². The number of hydroxylamine groups is 1. The molecule has 0 saturated heterocycles. The van der Waals surface area contributed by atoms with E-state index in [1.807, 2.05) is 48.5 Å². The quantitative estimate of drug-likeness (QED) is 0.349. The molecule has 4 aromatic rings. The molecule has 32 heavy (non-hydrogen) atoms. The Balaban J connectivity index is 1.69. The number of aryl methyl sites for hydroxylation is 1. The molecule has 0 radical (unpaired) electrons. The number of para-hydroxylation sites is 1. The molecular formula is C25H23N3O4. The van der Waals surface area contributed by atoms with Crippen molar-refractivity contribution in [3.63, 3.8) is 0 Å². The van der Waals surface area contributed by atoms with E-state index in [9.17, 15) is 14.4 Å². The van der Waals surface area contributed by atoms with Gasteiger partial charge in [-0.05, 0) is 35.2 Å². The van der Waals surface area contributed by atoms with Gasteiger partial charge in [0.2, 0.25) is 5.91 Å². The van der Waals surface area contributed by atoms with Gasteiger partial charge in [-0.2, -0.15) is 0 Å². The number of amides is 1. The molecule has 0 aliphatic carbocycles. The lowest BCUT2D eigenvalue weighted by atomic mass is 10.1. The summed E-state index contributed by atoms with van der Waals surface area (Å²) < 4.78 is 2.91. The number of hydrogen-bond acceptors (Lipinski definition) is 4. The lowest BCUT2D eigenvalue weighted by Crippen LogP contribution is -2.40. The largest absolute Gasteiger partial charge is 0.331 e. The van der Waals surface area contributed by atoms with E-state index < -0.39 is 5.91 Å². The fourth-order valence-electron chi connectivity index (χ4n) is 3.78. The second kappa shape index (κ2) is 9.45. The highest BCUT2D eigenvalue weighted by atomic mass is 16.5. The number of rotatable bonds is 7. The summed E-state index contributed by atoms with van der Waals surface area (Å²) in [6.45, 7) is 0.583. The molecule has 1 amide bonds.